The molecule has 3 rings (SSSR count). The van der Waals surface area contributed by atoms with Crippen molar-refractivity contribution in [2.75, 3.05) is 19.7 Å². The molecule has 2 saturated heterocycles. The summed E-state index contributed by atoms with van der Waals surface area (Å²) in [6.07, 6.45) is 2.83. The number of nitrogens with one attached hydrogen (secondary N) is 6. The van der Waals surface area contributed by atoms with Gasteiger partial charge in [0.15, 0.2) is 0 Å². The Labute approximate surface area is 425 Å². The lowest BCUT2D eigenvalue weighted by Crippen LogP contribution is -2.61. The van der Waals surface area contributed by atoms with E-state index >= 15 is 0 Å². The van der Waals surface area contributed by atoms with Crippen LogP contribution < -0.4 is 37.6 Å². The summed E-state index contributed by atoms with van der Waals surface area (Å²) in [4.78, 5) is 126. The first-order valence-corrected chi connectivity index (χ1v) is 25.9. The molecule has 20 nitrogen and oxygen atoms in total. The maximum atomic E-state index is 14.5. The van der Waals surface area contributed by atoms with Crippen LogP contribution in [0.4, 0.5) is 0 Å². The maximum absolute atomic E-state index is 14.5. The van der Waals surface area contributed by atoms with Crippen molar-refractivity contribution in [3.8, 4) is 0 Å². The van der Waals surface area contributed by atoms with Gasteiger partial charge >= 0.3 is 5.97 Å². The molecule has 0 bridgehead atoms. The molecule has 1 aromatic rings. The van der Waals surface area contributed by atoms with Gasteiger partial charge in [-0.05, 0) is 86.5 Å². The smallest absolute Gasteiger partial charge is 0.326 e. The summed E-state index contributed by atoms with van der Waals surface area (Å²) >= 11 is 0. The lowest BCUT2D eigenvalue weighted by atomic mass is 9.97. The number of aliphatic carboxylic acids is 1. The highest BCUT2D eigenvalue weighted by atomic mass is 16.4. The van der Waals surface area contributed by atoms with Crippen molar-refractivity contribution >= 4 is 53.2 Å². The first-order chi connectivity index (χ1) is 33.9. The first-order valence-electron chi connectivity index (χ1n) is 25.9. The van der Waals surface area contributed by atoms with E-state index in [0.717, 1.165) is 0 Å². The molecule has 2 aliphatic rings. The third-order valence-electron chi connectivity index (χ3n) is 13.3. The molecule has 2 heterocycles. The maximum Gasteiger partial charge on any atom is 0.326 e. The van der Waals surface area contributed by atoms with Gasteiger partial charge in [0, 0.05) is 19.5 Å². The Balaban J connectivity index is 1.84. The molecule has 2 aliphatic heterocycles. The number of nitrogens with two attached hydrogens (primary N) is 1. The van der Waals surface area contributed by atoms with Gasteiger partial charge in [-0.2, -0.15) is 0 Å². The van der Waals surface area contributed by atoms with Gasteiger partial charge in [-0.1, -0.05) is 106 Å². The van der Waals surface area contributed by atoms with Gasteiger partial charge in [0.2, 0.25) is 47.3 Å². The van der Waals surface area contributed by atoms with Gasteiger partial charge in [0.25, 0.3) is 0 Å². The fraction of sp³-hybridized carbons (Fsp3) is 0.712. The second-order valence-electron chi connectivity index (χ2n) is 21.4. The molecule has 0 aliphatic carbocycles. The Morgan fingerprint density at radius 1 is 0.556 bits per heavy atom. The van der Waals surface area contributed by atoms with E-state index in [0.29, 0.717) is 24.8 Å². The van der Waals surface area contributed by atoms with Gasteiger partial charge in [0.05, 0.1) is 12.6 Å². The molecule has 20 heteroatoms. The van der Waals surface area contributed by atoms with E-state index in [9.17, 15) is 53.4 Å². The minimum atomic E-state index is -1.46. The zero-order valence-corrected chi connectivity index (χ0v) is 44.2. The van der Waals surface area contributed by atoms with E-state index in [4.69, 9.17) is 5.73 Å². The highest BCUT2D eigenvalue weighted by Crippen LogP contribution is 2.23. The molecule has 404 valence electrons. The second kappa shape index (κ2) is 29.2. The molecule has 0 saturated carbocycles. The molecule has 0 unspecified atom stereocenters. The van der Waals surface area contributed by atoms with Gasteiger partial charge < -0.3 is 57.6 Å². The molecule has 1 aromatic carbocycles. The molecule has 0 spiro atoms. The van der Waals surface area contributed by atoms with Crippen LogP contribution in [-0.2, 0) is 49.6 Å². The summed E-state index contributed by atoms with van der Waals surface area (Å²) in [7, 11) is 0. The number of carboxylic acids is 1. The third kappa shape index (κ3) is 18.4. The average Bonchev–Trinajstić information content (AvgIpc) is 4.02. The molecule has 10 atom stereocenters. The standard InChI is InChI=1S/C52H85N9O11/c1-11-33(10)43(53)49(68)56-36(24-30(4)5)45(64)59-40(28-62)51(70)61-22-16-20-42(61)48(67)55-37(27-34-17-13-12-14-18-34)46(65)57-38(25-31(6)7)50(69)60-21-15-19-41(60)47(66)54-35(23-29(2)3)44(63)58-39(52(71)72)26-32(8)9/h12-14,17-18,29-33,35-43,62H,11,15-16,19-28,53H2,1-10H3,(H,54,66)(H,55,67)(H,56,68)(H,57,65)(H,58,63)(H,59,64)(H,71,72)/t33-,35-,36-,37-,38-,39-,40-,41-,42-,43-/m0/s1. The average molecular weight is 1010 g/mol. The van der Waals surface area contributed by atoms with E-state index in [2.05, 4.69) is 31.9 Å². The number of nitrogens with zero attached hydrogens (tertiary/aromatic N) is 2. The zero-order valence-electron chi connectivity index (χ0n) is 44.2. The minimum Gasteiger partial charge on any atom is -0.480 e. The van der Waals surface area contributed by atoms with Gasteiger partial charge in [0.1, 0.15) is 48.3 Å². The summed E-state index contributed by atoms with van der Waals surface area (Å²) in [5.41, 5.74) is 6.83. The minimum absolute atomic E-state index is 0.00853. The monoisotopic (exact) mass is 1010 g/mol. The van der Waals surface area contributed by atoms with Crippen molar-refractivity contribution < 1.29 is 53.4 Å². The van der Waals surface area contributed by atoms with Crippen LogP contribution in [0.2, 0.25) is 0 Å². The quantitative estimate of drug-likeness (QED) is 0.0581. The molecule has 10 N–H and O–H groups in total. The predicted molar refractivity (Wildman–Crippen MR) is 271 cm³/mol. The van der Waals surface area contributed by atoms with Crippen LogP contribution in [0.1, 0.15) is 133 Å². The van der Waals surface area contributed by atoms with Crippen molar-refractivity contribution in [2.24, 2.45) is 35.3 Å². The summed E-state index contributed by atoms with van der Waals surface area (Å²) in [5, 5.41) is 36.6. The van der Waals surface area contributed by atoms with Gasteiger partial charge in [-0.25, -0.2) is 4.79 Å². The Kier molecular flexibility index (Phi) is 24.6. The third-order valence-corrected chi connectivity index (χ3v) is 13.3. The van der Waals surface area contributed by atoms with Crippen LogP contribution in [0.5, 0.6) is 0 Å². The summed E-state index contributed by atoms with van der Waals surface area (Å²) < 4.78 is 0. The fourth-order valence-corrected chi connectivity index (χ4v) is 9.18. The number of benzene rings is 1. The summed E-state index contributed by atoms with van der Waals surface area (Å²) in [6.45, 7) is 18.1. The van der Waals surface area contributed by atoms with E-state index in [1.54, 1.807) is 30.3 Å². The molecule has 8 amide bonds. The number of hydrogen-bond acceptors (Lipinski definition) is 11. The molecule has 0 aromatic heterocycles. The van der Waals surface area contributed by atoms with Gasteiger partial charge in [-0.3, -0.25) is 38.4 Å². The van der Waals surface area contributed by atoms with Crippen LogP contribution >= 0.6 is 0 Å². The zero-order chi connectivity index (χ0) is 54.0. The second-order valence-corrected chi connectivity index (χ2v) is 21.4. The molecule has 72 heavy (non-hydrogen) atoms. The highest BCUT2D eigenvalue weighted by Gasteiger charge is 2.42. The highest BCUT2D eigenvalue weighted by molar-refractivity contribution is 5.98. The Morgan fingerprint density at radius 3 is 1.40 bits per heavy atom. The van der Waals surface area contributed by atoms with E-state index < -0.39 is 114 Å². The number of rotatable bonds is 28. The van der Waals surface area contributed by atoms with Crippen LogP contribution in [0.15, 0.2) is 30.3 Å². The van der Waals surface area contributed by atoms with Crippen LogP contribution in [0, 0.1) is 29.6 Å². The van der Waals surface area contributed by atoms with Crippen LogP contribution in [0.25, 0.3) is 0 Å². The molecular weight excluding hydrogens is 927 g/mol. The van der Waals surface area contributed by atoms with Crippen LogP contribution in [0.3, 0.4) is 0 Å². The van der Waals surface area contributed by atoms with Crippen molar-refractivity contribution in [3.05, 3.63) is 35.9 Å². The van der Waals surface area contributed by atoms with Crippen molar-refractivity contribution in [2.45, 2.75) is 188 Å². The van der Waals surface area contributed by atoms with E-state index in [1.165, 1.54) is 9.80 Å². The topological polar surface area (TPSA) is 299 Å². The van der Waals surface area contributed by atoms with Crippen molar-refractivity contribution in [1.82, 2.24) is 41.7 Å². The number of aliphatic hydroxyl groups is 1. The largest absolute Gasteiger partial charge is 0.480 e. The summed E-state index contributed by atoms with van der Waals surface area (Å²) in [5.74, 6) is -6.59. The predicted octanol–water partition coefficient (Wildman–Crippen LogP) is 1.75. The Hall–Kier alpha value is -5.63. The molecule has 0 radical (unpaired) electrons. The number of carbonyl (C=O) groups excluding carboxylic acids is 8. The summed E-state index contributed by atoms with van der Waals surface area (Å²) in [6, 6.07) is -1.13. The van der Waals surface area contributed by atoms with Crippen LogP contribution in [-0.4, -0.2) is 147 Å². The van der Waals surface area contributed by atoms with Gasteiger partial charge in [-0.15, -0.1) is 0 Å². The molecular formula is C52H85N9O11. The van der Waals surface area contributed by atoms with E-state index in [-0.39, 0.29) is 87.6 Å². The number of amides is 8. The fourth-order valence-electron chi connectivity index (χ4n) is 9.18. The first kappa shape index (κ1) is 60.7. The number of aliphatic hydroxyl groups excluding tert-OH is 1. The lowest BCUT2D eigenvalue weighted by Gasteiger charge is -2.32. The van der Waals surface area contributed by atoms with Crippen molar-refractivity contribution in [3.63, 3.8) is 0 Å². The number of carbonyl (C=O) groups is 9. The van der Waals surface area contributed by atoms with E-state index in [1.807, 2.05) is 69.2 Å². The molecule has 2 fully saturated rings. The number of carboxylic acid groups (broad SMARTS) is 1. The number of hydrogen-bond donors (Lipinski definition) is 9. The van der Waals surface area contributed by atoms with Crippen molar-refractivity contribution in [1.29, 1.82) is 0 Å². The number of likely N-dealkylation sites (tertiary alicyclic amines) is 2. The SMILES string of the molecule is CC[C@H](C)[C@H](N)C(=O)N[C@@H](CC(C)C)C(=O)N[C@@H](CO)C(=O)N1CCC[C@H]1C(=O)N[C@@H](Cc1ccccc1)C(=O)N[C@@H](CC(C)C)C(=O)N1CCC[C@H]1C(=O)N[C@@H](CC(C)C)C(=O)N[C@@H](CC(C)C)C(=O)O. The lowest BCUT2D eigenvalue weighted by molar-refractivity contribution is -0.144. The normalized spacial score (nSPS) is 19.2. The Morgan fingerprint density at radius 2 is 0.944 bits per heavy atom. The Bertz CT molecular complexity index is 2000.